The molecule has 0 saturated carbocycles. The van der Waals surface area contributed by atoms with Gasteiger partial charge in [-0.05, 0) is 6.42 Å². The molecule has 1 atom stereocenters. The van der Waals surface area contributed by atoms with Gasteiger partial charge in [0, 0.05) is 25.3 Å². The number of amides is 1. The molecule has 1 amide bonds. The highest BCUT2D eigenvalue weighted by Gasteiger charge is 2.10. The lowest BCUT2D eigenvalue weighted by Gasteiger charge is -2.09. The van der Waals surface area contributed by atoms with Crippen molar-refractivity contribution in [3.63, 3.8) is 0 Å². The second-order valence-electron chi connectivity index (χ2n) is 3.99. The number of carbonyl (C=O) groups is 2. The predicted molar refractivity (Wildman–Crippen MR) is 58.4 cm³/mol. The average Bonchev–Trinajstić information content (AvgIpc) is 2.21. The molecule has 4 heteroatoms. The zero-order valence-electron chi connectivity index (χ0n) is 9.75. The molecule has 0 saturated heterocycles. The van der Waals surface area contributed by atoms with Gasteiger partial charge in [0.15, 0.2) is 0 Å². The van der Waals surface area contributed by atoms with E-state index in [0.717, 1.165) is 0 Å². The molecule has 2 N–H and O–H groups in total. The highest BCUT2D eigenvalue weighted by molar-refractivity contribution is 5.85. The first-order chi connectivity index (χ1) is 6.97. The third-order valence-corrected chi connectivity index (χ3v) is 2.25. The van der Waals surface area contributed by atoms with Crippen LogP contribution in [0, 0.1) is 5.92 Å². The largest absolute Gasteiger partial charge is 0.391 e. The van der Waals surface area contributed by atoms with Gasteiger partial charge in [-0.1, -0.05) is 20.8 Å². The van der Waals surface area contributed by atoms with E-state index < -0.39 is 6.10 Å². The molecule has 0 radical (unpaired) electrons. The van der Waals surface area contributed by atoms with Gasteiger partial charge in [-0.25, -0.2) is 0 Å². The highest BCUT2D eigenvalue weighted by atomic mass is 16.3. The van der Waals surface area contributed by atoms with Gasteiger partial charge >= 0.3 is 0 Å². The molecule has 15 heavy (non-hydrogen) atoms. The first-order valence-corrected chi connectivity index (χ1v) is 5.44. The van der Waals surface area contributed by atoms with E-state index >= 15 is 0 Å². The molecule has 88 valence electrons. The summed E-state index contributed by atoms with van der Waals surface area (Å²) in [5.74, 6) is -0.0864. The lowest BCUT2D eigenvalue weighted by molar-refractivity contribution is -0.127. The summed E-state index contributed by atoms with van der Waals surface area (Å²) in [5.41, 5.74) is 0. The summed E-state index contributed by atoms with van der Waals surface area (Å²) in [6.07, 6.45) is 0.624. The van der Waals surface area contributed by atoms with Crippen LogP contribution < -0.4 is 5.32 Å². The van der Waals surface area contributed by atoms with Crippen molar-refractivity contribution in [3.8, 4) is 0 Å². The van der Waals surface area contributed by atoms with Gasteiger partial charge in [-0.3, -0.25) is 9.59 Å². The van der Waals surface area contributed by atoms with E-state index in [0.29, 0.717) is 6.42 Å². The van der Waals surface area contributed by atoms with Crippen molar-refractivity contribution in [2.75, 3.05) is 6.54 Å². The topological polar surface area (TPSA) is 66.4 Å². The fourth-order valence-corrected chi connectivity index (χ4v) is 0.990. The smallest absolute Gasteiger partial charge is 0.220 e. The Bertz CT molecular complexity index is 214. The van der Waals surface area contributed by atoms with E-state index in [9.17, 15) is 14.7 Å². The maximum Gasteiger partial charge on any atom is 0.220 e. The molecule has 0 heterocycles. The van der Waals surface area contributed by atoms with Crippen molar-refractivity contribution < 1.29 is 14.7 Å². The SMILES string of the molecule is CCC(O)CNC(=O)CCC(=O)C(C)C. The lowest BCUT2D eigenvalue weighted by atomic mass is 10.0. The first-order valence-electron chi connectivity index (χ1n) is 5.44. The minimum absolute atomic E-state index is 0.0148. The molecule has 0 fully saturated rings. The molecule has 0 rings (SSSR count). The van der Waals surface area contributed by atoms with Crippen LogP contribution in [-0.2, 0) is 9.59 Å². The summed E-state index contributed by atoms with van der Waals surface area (Å²) in [5, 5.41) is 11.8. The summed E-state index contributed by atoms with van der Waals surface area (Å²) < 4.78 is 0. The molecule has 0 aromatic rings. The van der Waals surface area contributed by atoms with Crippen LogP contribution in [0.15, 0.2) is 0 Å². The Morgan fingerprint density at radius 2 is 1.87 bits per heavy atom. The fraction of sp³-hybridized carbons (Fsp3) is 0.818. The molecule has 0 aromatic carbocycles. The van der Waals surface area contributed by atoms with Crippen LogP contribution in [0.3, 0.4) is 0 Å². The minimum Gasteiger partial charge on any atom is -0.391 e. The summed E-state index contributed by atoms with van der Waals surface area (Å²) >= 11 is 0. The van der Waals surface area contributed by atoms with Gasteiger partial charge in [0.1, 0.15) is 5.78 Å². The zero-order valence-corrected chi connectivity index (χ0v) is 9.75. The zero-order chi connectivity index (χ0) is 11.8. The van der Waals surface area contributed by atoms with Crippen LogP contribution in [-0.4, -0.2) is 29.4 Å². The van der Waals surface area contributed by atoms with Crippen LogP contribution in [0.1, 0.15) is 40.0 Å². The van der Waals surface area contributed by atoms with E-state index in [4.69, 9.17) is 0 Å². The van der Waals surface area contributed by atoms with Crippen molar-refractivity contribution in [1.82, 2.24) is 5.32 Å². The number of ketones is 1. The summed E-state index contributed by atoms with van der Waals surface area (Å²) in [7, 11) is 0. The van der Waals surface area contributed by atoms with Gasteiger partial charge in [-0.2, -0.15) is 0 Å². The van der Waals surface area contributed by atoms with Gasteiger partial charge < -0.3 is 10.4 Å². The molecule has 1 unspecified atom stereocenters. The number of hydrogen-bond acceptors (Lipinski definition) is 3. The van der Waals surface area contributed by atoms with Gasteiger partial charge in [0.05, 0.1) is 6.10 Å². The van der Waals surface area contributed by atoms with Crippen molar-refractivity contribution >= 4 is 11.7 Å². The molecular formula is C11H21NO3. The second-order valence-corrected chi connectivity index (χ2v) is 3.99. The summed E-state index contributed by atoms with van der Waals surface area (Å²) in [4.78, 5) is 22.4. The molecule has 0 aliphatic rings. The highest BCUT2D eigenvalue weighted by Crippen LogP contribution is 2.01. The Balaban J connectivity index is 3.62. The van der Waals surface area contributed by atoms with E-state index in [1.807, 2.05) is 20.8 Å². The minimum atomic E-state index is -0.491. The molecular weight excluding hydrogens is 194 g/mol. The summed E-state index contributed by atoms with van der Waals surface area (Å²) in [6.45, 7) is 5.76. The Morgan fingerprint density at radius 3 is 2.33 bits per heavy atom. The van der Waals surface area contributed by atoms with Crippen LogP contribution in [0.5, 0.6) is 0 Å². The normalized spacial score (nSPS) is 12.6. The Morgan fingerprint density at radius 1 is 1.27 bits per heavy atom. The Kier molecular flexibility index (Phi) is 6.96. The lowest BCUT2D eigenvalue weighted by Crippen LogP contribution is -2.32. The monoisotopic (exact) mass is 215 g/mol. The van der Waals surface area contributed by atoms with E-state index in [1.54, 1.807) is 0 Å². The molecule has 0 aliphatic carbocycles. The molecule has 4 nitrogen and oxygen atoms in total. The quantitative estimate of drug-likeness (QED) is 0.662. The molecule has 0 aliphatic heterocycles. The number of nitrogens with one attached hydrogen (secondary N) is 1. The average molecular weight is 215 g/mol. The van der Waals surface area contributed by atoms with Gasteiger partial charge in [0.25, 0.3) is 0 Å². The number of hydrogen-bond donors (Lipinski definition) is 2. The van der Waals surface area contributed by atoms with Crippen molar-refractivity contribution in [2.45, 2.75) is 46.1 Å². The Hall–Kier alpha value is -0.900. The van der Waals surface area contributed by atoms with Crippen LogP contribution >= 0.6 is 0 Å². The van der Waals surface area contributed by atoms with Crippen LogP contribution in [0.25, 0.3) is 0 Å². The van der Waals surface area contributed by atoms with Gasteiger partial charge in [0.2, 0.25) is 5.91 Å². The van der Waals surface area contributed by atoms with E-state index in [2.05, 4.69) is 5.32 Å². The van der Waals surface area contributed by atoms with Crippen molar-refractivity contribution in [1.29, 1.82) is 0 Å². The van der Waals surface area contributed by atoms with Crippen LogP contribution in [0.4, 0.5) is 0 Å². The molecule has 0 spiro atoms. The maximum atomic E-state index is 11.2. The number of aliphatic hydroxyl groups is 1. The number of aliphatic hydroxyl groups excluding tert-OH is 1. The molecule has 0 aromatic heterocycles. The third kappa shape index (κ3) is 7.08. The second kappa shape index (κ2) is 7.40. The predicted octanol–water partition coefficient (Wildman–Crippen LogP) is 0.879. The maximum absolute atomic E-state index is 11.2. The first kappa shape index (κ1) is 14.1. The van der Waals surface area contributed by atoms with E-state index in [1.165, 1.54) is 0 Å². The number of carbonyl (C=O) groups excluding carboxylic acids is 2. The molecule has 0 bridgehead atoms. The van der Waals surface area contributed by atoms with Gasteiger partial charge in [-0.15, -0.1) is 0 Å². The standard InChI is InChI=1S/C11H21NO3/c1-4-9(13)7-12-11(15)6-5-10(14)8(2)3/h8-9,13H,4-7H2,1-3H3,(H,12,15). The summed E-state index contributed by atoms with van der Waals surface area (Å²) in [6, 6.07) is 0. The fourth-order valence-electron chi connectivity index (χ4n) is 0.990. The van der Waals surface area contributed by atoms with E-state index in [-0.39, 0.29) is 37.0 Å². The van der Waals surface area contributed by atoms with Crippen molar-refractivity contribution in [2.24, 2.45) is 5.92 Å². The Labute approximate surface area is 91.1 Å². The number of Topliss-reactive ketones (excluding diaryl/α,β-unsaturated/α-hetero) is 1. The van der Waals surface area contributed by atoms with Crippen molar-refractivity contribution in [3.05, 3.63) is 0 Å². The van der Waals surface area contributed by atoms with Crippen LogP contribution in [0.2, 0.25) is 0 Å². The third-order valence-electron chi connectivity index (χ3n) is 2.25. The number of rotatable bonds is 7.